The molecule has 0 heterocycles. The lowest BCUT2D eigenvalue weighted by Crippen LogP contribution is -2.32. The maximum atomic E-state index is 11.6. The lowest BCUT2D eigenvalue weighted by molar-refractivity contribution is -0.117. The molecule has 4 heteroatoms. The first kappa shape index (κ1) is 14.6. The summed E-state index contributed by atoms with van der Waals surface area (Å²) in [5, 5.41) is 2.80. The van der Waals surface area contributed by atoms with Crippen LogP contribution in [0, 0.1) is 6.92 Å². The molecule has 2 aromatic carbocycles. The monoisotopic (exact) mass is 286 g/mol. The van der Waals surface area contributed by atoms with Gasteiger partial charge in [-0.3, -0.25) is 4.79 Å². The van der Waals surface area contributed by atoms with Gasteiger partial charge in [-0.25, -0.2) is 0 Å². The van der Waals surface area contributed by atoms with Gasteiger partial charge in [-0.15, -0.1) is 0 Å². The van der Waals surface area contributed by atoms with E-state index < -0.39 is 6.04 Å². The van der Waals surface area contributed by atoms with Gasteiger partial charge in [-0.05, 0) is 44.2 Å². The zero-order valence-electron chi connectivity index (χ0n) is 11.6. The van der Waals surface area contributed by atoms with Crippen LogP contribution in [-0.4, -0.2) is 11.9 Å². The highest BCUT2D eigenvalue weighted by Crippen LogP contribution is 2.29. The molecule has 1 unspecified atom stereocenters. The lowest BCUT2D eigenvalue weighted by atomic mass is 10.2. The molecule has 1 atom stereocenters. The third-order valence-corrected chi connectivity index (χ3v) is 3.77. The molecule has 0 saturated heterocycles. The molecule has 3 N–H and O–H groups in total. The number of carbonyl (C=O) groups is 1. The van der Waals surface area contributed by atoms with Crippen molar-refractivity contribution in [2.75, 3.05) is 5.32 Å². The topological polar surface area (TPSA) is 55.1 Å². The molecule has 0 aliphatic rings. The van der Waals surface area contributed by atoms with Crippen LogP contribution < -0.4 is 11.1 Å². The average Bonchev–Trinajstić information content (AvgIpc) is 2.42. The molecule has 20 heavy (non-hydrogen) atoms. The summed E-state index contributed by atoms with van der Waals surface area (Å²) in [5.74, 6) is -0.178. The minimum absolute atomic E-state index is 0.178. The van der Waals surface area contributed by atoms with E-state index in [0.717, 1.165) is 10.6 Å². The molecule has 104 valence electrons. The van der Waals surface area contributed by atoms with Gasteiger partial charge < -0.3 is 11.1 Å². The Morgan fingerprint density at radius 2 is 1.85 bits per heavy atom. The zero-order valence-corrected chi connectivity index (χ0v) is 12.4. The van der Waals surface area contributed by atoms with Crippen molar-refractivity contribution in [1.29, 1.82) is 0 Å². The van der Waals surface area contributed by atoms with Crippen LogP contribution in [0.4, 0.5) is 5.69 Å². The van der Waals surface area contributed by atoms with Gasteiger partial charge in [0.15, 0.2) is 0 Å². The fourth-order valence-corrected chi connectivity index (χ4v) is 2.51. The number of hydrogen-bond acceptors (Lipinski definition) is 3. The van der Waals surface area contributed by atoms with E-state index in [1.807, 2.05) is 24.3 Å². The van der Waals surface area contributed by atoms with E-state index in [-0.39, 0.29) is 5.91 Å². The Balaban J connectivity index is 2.09. The van der Waals surface area contributed by atoms with E-state index in [4.69, 9.17) is 5.73 Å². The molecule has 0 saturated carbocycles. The molecule has 2 aromatic rings. The van der Waals surface area contributed by atoms with Crippen LogP contribution in [0.2, 0.25) is 0 Å². The van der Waals surface area contributed by atoms with E-state index in [0.29, 0.717) is 0 Å². The predicted octanol–water partition coefficient (Wildman–Crippen LogP) is 3.43. The normalized spacial score (nSPS) is 11.9. The summed E-state index contributed by atoms with van der Waals surface area (Å²) in [4.78, 5) is 13.8. The quantitative estimate of drug-likeness (QED) is 0.905. The standard InChI is InChI=1S/C16H18N2OS/c1-11-6-8-14(9-7-11)20-15-5-3-4-13(10-15)18-16(19)12(2)17/h3-10,12H,17H2,1-2H3,(H,18,19). The highest BCUT2D eigenvalue weighted by Gasteiger charge is 2.07. The van der Waals surface area contributed by atoms with Crippen LogP contribution in [-0.2, 0) is 4.79 Å². The smallest absolute Gasteiger partial charge is 0.240 e. The molecule has 0 bridgehead atoms. The maximum absolute atomic E-state index is 11.6. The molecule has 0 fully saturated rings. The first-order valence-electron chi connectivity index (χ1n) is 6.45. The van der Waals surface area contributed by atoms with Crippen molar-refractivity contribution in [2.24, 2.45) is 5.73 Å². The Labute approximate surface area is 123 Å². The Hall–Kier alpha value is -1.78. The van der Waals surface area contributed by atoms with E-state index >= 15 is 0 Å². The van der Waals surface area contributed by atoms with E-state index in [1.165, 1.54) is 10.5 Å². The fraction of sp³-hybridized carbons (Fsp3) is 0.188. The van der Waals surface area contributed by atoms with Crippen LogP contribution in [0.3, 0.4) is 0 Å². The number of amides is 1. The second-order valence-corrected chi connectivity index (χ2v) is 5.87. The molecule has 3 nitrogen and oxygen atoms in total. The number of hydrogen-bond donors (Lipinski definition) is 2. The second kappa shape index (κ2) is 6.59. The van der Waals surface area contributed by atoms with E-state index in [2.05, 4.69) is 36.5 Å². The number of aryl methyl sites for hydroxylation is 1. The number of anilines is 1. The van der Waals surface area contributed by atoms with Crippen molar-refractivity contribution >= 4 is 23.4 Å². The number of rotatable bonds is 4. The van der Waals surface area contributed by atoms with Crippen LogP contribution in [0.25, 0.3) is 0 Å². The Morgan fingerprint density at radius 3 is 2.50 bits per heavy atom. The maximum Gasteiger partial charge on any atom is 0.240 e. The summed E-state index contributed by atoms with van der Waals surface area (Å²) in [5.41, 5.74) is 7.55. The SMILES string of the molecule is Cc1ccc(Sc2cccc(NC(=O)C(C)N)c2)cc1. The molecule has 2 rings (SSSR count). The molecule has 0 spiro atoms. The third kappa shape index (κ3) is 4.11. The summed E-state index contributed by atoms with van der Waals surface area (Å²) >= 11 is 1.66. The van der Waals surface area contributed by atoms with Gasteiger partial charge in [0.25, 0.3) is 0 Å². The molecule has 0 aliphatic carbocycles. The van der Waals surface area contributed by atoms with Crippen molar-refractivity contribution in [3.63, 3.8) is 0 Å². The van der Waals surface area contributed by atoms with Crippen molar-refractivity contribution in [3.05, 3.63) is 54.1 Å². The number of nitrogens with one attached hydrogen (secondary N) is 1. The zero-order chi connectivity index (χ0) is 14.5. The summed E-state index contributed by atoms with van der Waals surface area (Å²) in [6, 6.07) is 15.6. The minimum atomic E-state index is -0.511. The van der Waals surface area contributed by atoms with Crippen LogP contribution in [0.5, 0.6) is 0 Å². The fourth-order valence-electron chi connectivity index (χ4n) is 1.64. The number of benzene rings is 2. The first-order chi connectivity index (χ1) is 9.54. The van der Waals surface area contributed by atoms with Gasteiger partial charge in [-0.2, -0.15) is 0 Å². The Morgan fingerprint density at radius 1 is 1.15 bits per heavy atom. The predicted molar refractivity (Wildman–Crippen MR) is 84.0 cm³/mol. The van der Waals surface area contributed by atoms with Gasteiger partial charge in [0.2, 0.25) is 5.91 Å². The van der Waals surface area contributed by atoms with Crippen LogP contribution in [0.15, 0.2) is 58.3 Å². The van der Waals surface area contributed by atoms with E-state index in [1.54, 1.807) is 18.7 Å². The van der Waals surface area contributed by atoms with Crippen molar-refractivity contribution < 1.29 is 4.79 Å². The lowest BCUT2D eigenvalue weighted by Gasteiger charge is -2.09. The van der Waals surface area contributed by atoms with Gasteiger partial charge in [0.05, 0.1) is 6.04 Å². The Bertz CT molecular complexity index is 594. The summed E-state index contributed by atoms with van der Waals surface area (Å²) in [6.07, 6.45) is 0. The number of carbonyl (C=O) groups excluding carboxylic acids is 1. The summed E-state index contributed by atoms with van der Waals surface area (Å²) in [6.45, 7) is 3.73. The Kier molecular flexibility index (Phi) is 4.82. The van der Waals surface area contributed by atoms with Crippen molar-refractivity contribution in [3.8, 4) is 0 Å². The van der Waals surface area contributed by atoms with Gasteiger partial charge in [-0.1, -0.05) is 35.5 Å². The van der Waals surface area contributed by atoms with Crippen molar-refractivity contribution in [2.45, 2.75) is 29.7 Å². The largest absolute Gasteiger partial charge is 0.325 e. The summed E-state index contributed by atoms with van der Waals surface area (Å²) < 4.78 is 0. The third-order valence-electron chi connectivity index (χ3n) is 2.77. The number of nitrogens with two attached hydrogens (primary N) is 1. The molecular weight excluding hydrogens is 268 g/mol. The average molecular weight is 286 g/mol. The highest BCUT2D eigenvalue weighted by molar-refractivity contribution is 7.99. The second-order valence-electron chi connectivity index (χ2n) is 4.72. The van der Waals surface area contributed by atoms with Gasteiger partial charge in [0, 0.05) is 15.5 Å². The minimum Gasteiger partial charge on any atom is -0.325 e. The van der Waals surface area contributed by atoms with Crippen molar-refractivity contribution in [1.82, 2.24) is 0 Å². The van der Waals surface area contributed by atoms with Gasteiger partial charge in [0.1, 0.15) is 0 Å². The van der Waals surface area contributed by atoms with Gasteiger partial charge >= 0.3 is 0 Å². The van der Waals surface area contributed by atoms with Crippen LogP contribution in [0.1, 0.15) is 12.5 Å². The van der Waals surface area contributed by atoms with E-state index in [9.17, 15) is 4.79 Å². The molecule has 0 radical (unpaired) electrons. The molecule has 0 aliphatic heterocycles. The highest BCUT2D eigenvalue weighted by atomic mass is 32.2. The van der Waals surface area contributed by atoms with Crippen LogP contribution >= 0.6 is 11.8 Å². The molecular formula is C16H18N2OS. The summed E-state index contributed by atoms with van der Waals surface area (Å²) in [7, 11) is 0. The first-order valence-corrected chi connectivity index (χ1v) is 7.27. The molecule has 1 amide bonds. The molecule has 0 aromatic heterocycles.